The summed E-state index contributed by atoms with van der Waals surface area (Å²) in [5.41, 5.74) is 1.74. The van der Waals surface area contributed by atoms with Crippen molar-refractivity contribution in [2.75, 3.05) is 6.79 Å². The van der Waals surface area contributed by atoms with Gasteiger partial charge in [-0.2, -0.15) is 0 Å². The second kappa shape index (κ2) is 5.33. The Morgan fingerprint density at radius 1 is 1.14 bits per heavy atom. The van der Waals surface area contributed by atoms with Crippen molar-refractivity contribution >= 4 is 5.91 Å². The number of benzene rings is 1. The highest BCUT2D eigenvalue weighted by atomic mass is 16.7. The van der Waals surface area contributed by atoms with Crippen LogP contribution in [0.3, 0.4) is 0 Å². The number of aromatic nitrogens is 1. The number of ether oxygens (including phenoxy) is 2. The zero-order chi connectivity index (χ0) is 14.9. The largest absolute Gasteiger partial charge is 0.454 e. The minimum atomic E-state index is 0.0395. The van der Waals surface area contributed by atoms with E-state index in [0.29, 0.717) is 29.6 Å². The van der Waals surface area contributed by atoms with E-state index in [1.807, 2.05) is 17.0 Å². The maximum Gasteiger partial charge on any atom is 0.254 e. The smallest absolute Gasteiger partial charge is 0.254 e. The monoisotopic (exact) mass is 296 g/mol. The zero-order valence-electron chi connectivity index (χ0n) is 12.1. The van der Waals surface area contributed by atoms with Gasteiger partial charge >= 0.3 is 0 Å². The van der Waals surface area contributed by atoms with Crippen molar-refractivity contribution in [3.63, 3.8) is 0 Å². The Bertz CT molecular complexity index is 698. The fourth-order valence-corrected chi connectivity index (χ4v) is 2.63. The molecule has 1 aliphatic carbocycles. The summed E-state index contributed by atoms with van der Waals surface area (Å²) in [7, 11) is 0. The van der Waals surface area contributed by atoms with Crippen molar-refractivity contribution in [3.8, 4) is 11.5 Å². The molecule has 1 aromatic carbocycles. The summed E-state index contributed by atoms with van der Waals surface area (Å²) in [5.74, 6) is 1.38. The van der Waals surface area contributed by atoms with Gasteiger partial charge in [-0.3, -0.25) is 9.78 Å². The quantitative estimate of drug-likeness (QED) is 0.870. The third-order valence-corrected chi connectivity index (χ3v) is 3.97. The van der Waals surface area contributed by atoms with Gasteiger partial charge in [-0.15, -0.1) is 0 Å². The van der Waals surface area contributed by atoms with E-state index in [-0.39, 0.29) is 12.7 Å². The van der Waals surface area contributed by atoms with Gasteiger partial charge in [0.15, 0.2) is 11.5 Å². The van der Waals surface area contributed by atoms with Crippen LogP contribution in [0.25, 0.3) is 0 Å². The van der Waals surface area contributed by atoms with Gasteiger partial charge in [0.2, 0.25) is 6.79 Å². The molecule has 1 fully saturated rings. The summed E-state index contributed by atoms with van der Waals surface area (Å²) >= 11 is 0. The average Bonchev–Trinajstić information content (AvgIpc) is 3.29. The van der Waals surface area contributed by atoms with Crippen molar-refractivity contribution in [3.05, 3.63) is 53.9 Å². The molecule has 0 N–H and O–H groups in total. The van der Waals surface area contributed by atoms with Gasteiger partial charge < -0.3 is 14.4 Å². The van der Waals surface area contributed by atoms with Crippen LogP contribution < -0.4 is 9.47 Å². The normalized spacial score (nSPS) is 15.6. The Morgan fingerprint density at radius 2 is 1.91 bits per heavy atom. The van der Waals surface area contributed by atoms with Crippen molar-refractivity contribution < 1.29 is 14.3 Å². The first-order valence-electron chi connectivity index (χ1n) is 7.41. The van der Waals surface area contributed by atoms with Crippen molar-refractivity contribution in [2.45, 2.75) is 25.4 Å². The summed E-state index contributed by atoms with van der Waals surface area (Å²) in [6.07, 6.45) is 5.65. The summed E-state index contributed by atoms with van der Waals surface area (Å²) < 4.78 is 10.7. The molecule has 0 saturated heterocycles. The lowest BCUT2D eigenvalue weighted by atomic mass is 10.1. The van der Waals surface area contributed by atoms with Gasteiger partial charge in [-0.05, 0) is 48.7 Å². The maximum atomic E-state index is 12.8. The number of pyridine rings is 1. The molecule has 5 heteroatoms. The third kappa shape index (κ3) is 2.50. The van der Waals surface area contributed by atoms with E-state index in [4.69, 9.17) is 9.47 Å². The minimum absolute atomic E-state index is 0.0395. The van der Waals surface area contributed by atoms with Gasteiger partial charge in [0, 0.05) is 30.5 Å². The average molecular weight is 296 g/mol. The van der Waals surface area contributed by atoms with Crippen LogP contribution in [0, 0.1) is 0 Å². The van der Waals surface area contributed by atoms with E-state index >= 15 is 0 Å². The lowest BCUT2D eigenvalue weighted by Crippen LogP contribution is -2.32. The number of hydrogen-bond donors (Lipinski definition) is 0. The van der Waals surface area contributed by atoms with E-state index in [9.17, 15) is 4.79 Å². The Morgan fingerprint density at radius 3 is 2.68 bits per heavy atom. The molecule has 5 nitrogen and oxygen atoms in total. The summed E-state index contributed by atoms with van der Waals surface area (Å²) in [5, 5.41) is 0. The second-order valence-corrected chi connectivity index (χ2v) is 5.59. The van der Waals surface area contributed by atoms with Crippen LogP contribution in [0.2, 0.25) is 0 Å². The highest BCUT2D eigenvalue weighted by Crippen LogP contribution is 2.35. The standard InChI is InChI=1S/C17H16N2O3/c20-17(13-1-4-15-16(9-13)22-11-21-15)19(14-2-3-14)10-12-5-7-18-8-6-12/h1,4-9,14H,2-3,10-11H2. The maximum absolute atomic E-state index is 12.8. The van der Waals surface area contributed by atoms with Crippen LogP contribution in [0.4, 0.5) is 0 Å². The Balaban J connectivity index is 1.58. The number of rotatable bonds is 4. The fourth-order valence-electron chi connectivity index (χ4n) is 2.63. The molecular weight excluding hydrogens is 280 g/mol. The second-order valence-electron chi connectivity index (χ2n) is 5.59. The fraction of sp³-hybridized carbons (Fsp3) is 0.294. The highest BCUT2D eigenvalue weighted by molar-refractivity contribution is 5.95. The molecule has 0 unspecified atom stereocenters. The molecule has 2 aliphatic rings. The van der Waals surface area contributed by atoms with Gasteiger partial charge in [0.25, 0.3) is 5.91 Å². The Hall–Kier alpha value is -2.56. The van der Waals surface area contributed by atoms with Crippen molar-refractivity contribution in [1.82, 2.24) is 9.88 Å². The molecule has 1 aromatic heterocycles. The first kappa shape index (κ1) is 13.1. The molecule has 4 rings (SSSR count). The summed E-state index contributed by atoms with van der Waals surface area (Å²) in [6.45, 7) is 0.830. The summed E-state index contributed by atoms with van der Waals surface area (Å²) in [4.78, 5) is 18.8. The van der Waals surface area contributed by atoms with Crippen LogP contribution >= 0.6 is 0 Å². The van der Waals surface area contributed by atoms with Gasteiger partial charge in [-0.1, -0.05) is 0 Å². The minimum Gasteiger partial charge on any atom is -0.454 e. The van der Waals surface area contributed by atoms with E-state index in [1.165, 1.54) is 0 Å². The molecule has 112 valence electrons. The molecule has 1 amide bonds. The molecule has 1 aliphatic heterocycles. The molecule has 1 saturated carbocycles. The number of nitrogens with zero attached hydrogens (tertiary/aromatic N) is 2. The Labute approximate surface area is 128 Å². The molecule has 2 heterocycles. The van der Waals surface area contributed by atoms with E-state index in [1.54, 1.807) is 30.6 Å². The number of carbonyl (C=O) groups is 1. The van der Waals surface area contributed by atoms with Crippen LogP contribution in [-0.4, -0.2) is 28.6 Å². The van der Waals surface area contributed by atoms with Crippen LogP contribution in [-0.2, 0) is 6.54 Å². The lowest BCUT2D eigenvalue weighted by molar-refractivity contribution is 0.0729. The topological polar surface area (TPSA) is 51.7 Å². The third-order valence-electron chi connectivity index (χ3n) is 3.97. The molecule has 2 aromatic rings. The molecular formula is C17H16N2O3. The zero-order valence-corrected chi connectivity index (χ0v) is 12.1. The van der Waals surface area contributed by atoms with Crippen molar-refractivity contribution in [2.24, 2.45) is 0 Å². The van der Waals surface area contributed by atoms with E-state index in [0.717, 1.165) is 18.4 Å². The first-order valence-corrected chi connectivity index (χ1v) is 7.41. The van der Waals surface area contributed by atoms with Crippen LogP contribution in [0.15, 0.2) is 42.7 Å². The van der Waals surface area contributed by atoms with Crippen LogP contribution in [0.1, 0.15) is 28.8 Å². The van der Waals surface area contributed by atoms with Gasteiger partial charge in [-0.25, -0.2) is 0 Å². The van der Waals surface area contributed by atoms with E-state index < -0.39 is 0 Å². The van der Waals surface area contributed by atoms with Crippen molar-refractivity contribution in [1.29, 1.82) is 0 Å². The number of fused-ring (bicyclic) bond motifs is 1. The van der Waals surface area contributed by atoms with E-state index in [2.05, 4.69) is 4.98 Å². The first-order chi connectivity index (χ1) is 10.8. The molecule has 0 spiro atoms. The molecule has 0 bridgehead atoms. The van der Waals surface area contributed by atoms with Gasteiger partial charge in [0.1, 0.15) is 0 Å². The van der Waals surface area contributed by atoms with Gasteiger partial charge in [0.05, 0.1) is 0 Å². The molecule has 0 radical (unpaired) electrons. The predicted octanol–water partition coefficient (Wildman–Crippen LogP) is 2.62. The van der Waals surface area contributed by atoms with Crippen LogP contribution in [0.5, 0.6) is 11.5 Å². The lowest BCUT2D eigenvalue weighted by Gasteiger charge is -2.22. The molecule has 0 atom stereocenters. The number of carbonyl (C=O) groups excluding carboxylic acids is 1. The Kier molecular flexibility index (Phi) is 3.18. The number of hydrogen-bond acceptors (Lipinski definition) is 4. The summed E-state index contributed by atoms with van der Waals surface area (Å²) in [6, 6.07) is 9.60. The number of amides is 1. The SMILES string of the molecule is O=C(c1ccc2c(c1)OCO2)N(Cc1ccncc1)C1CC1. The highest BCUT2D eigenvalue weighted by Gasteiger charge is 2.33. The predicted molar refractivity (Wildman–Crippen MR) is 79.7 cm³/mol. The molecule has 22 heavy (non-hydrogen) atoms.